The molecule has 4 aromatic rings. The molecule has 1 aliphatic heterocycles. The molecule has 2 aromatic carbocycles. The quantitative estimate of drug-likeness (QED) is 0.275. The summed E-state index contributed by atoms with van der Waals surface area (Å²) < 4.78 is 58.5. The summed E-state index contributed by atoms with van der Waals surface area (Å²) in [4.78, 5) is 21.5. The van der Waals surface area contributed by atoms with E-state index in [-0.39, 0.29) is 29.6 Å². The van der Waals surface area contributed by atoms with Crippen LogP contribution >= 0.6 is 11.6 Å². The number of ether oxygens (including phenoxy) is 1. The lowest BCUT2D eigenvalue weighted by molar-refractivity contribution is -0.274. The number of nitrogens with zero attached hydrogens (tertiary/aromatic N) is 4. The SMILES string of the molecule is Cc1nc2ccc(Cl)cn2c1C(=O)NCc1ccc(N2CCN(c3ccc(OC(F)(F)F)cc3)C3(CC3)C2)c(F)c1. The summed E-state index contributed by atoms with van der Waals surface area (Å²) >= 11 is 6.09. The zero-order chi connectivity index (χ0) is 28.9. The molecule has 1 N–H and O–H groups in total. The van der Waals surface area contributed by atoms with Crippen molar-refractivity contribution in [2.75, 3.05) is 29.4 Å². The number of aryl methyl sites for hydroxylation is 1. The summed E-state index contributed by atoms with van der Waals surface area (Å²) in [6, 6.07) is 14.3. The number of fused-ring (bicyclic) bond motifs is 1. The van der Waals surface area contributed by atoms with Gasteiger partial charge in [0, 0.05) is 38.1 Å². The molecule has 0 atom stereocenters. The normalized spacial score (nSPS) is 16.3. The summed E-state index contributed by atoms with van der Waals surface area (Å²) in [5.74, 6) is -0.986. The fourth-order valence-electron chi connectivity index (χ4n) is 5.58. The number of rotatable bonds is 6. The largest absolute Gasteiger partial charge is 0.573 e. The number of anilines is 2. The summed E-state index contributed by atoms with van der Waals surface area (Å²) in [6.45, 7) is 3.62. The Kier molecular flexibility index (Phi) is 6.72. The van der Waals surface area contributed by atoms with Crippen LogP contribution in [0.3, 0.4) is 0 Å². The molecule has 1 saturated heterocycles. The molecule has 214 valence electrons. The number of hydrogen-bond acceptors (Lipinski definition) is 5. The van der Waals surface area contributed by atoms with Crippen molar-refractivity contribution in [3.63, 3.8) is 0 Å². The molecule has 3 heterocycles. The monoisotopic (exact) mass is 587 g/mol. The lowest BCUT2D eigenvalue weighted by Gasteiger charge is -2.44. The van der Waals surface area contributed by atoms with Gasteiger partial charge in [-0.15, -0.1) is 13.2 Å². The Morgan fingerprint density at radius 2 is 1.85 bits per heavy atom. The number of carbonyl (C=O) groups excluding carboxylic acids is 1. The highest BCUT2D eigenvalue weighted by atomic mass is 35.5. The second-order valence-electron chi connectivity index (χ2n) is 10.4. The molecule has 2 aromatic heterocycles. The number of piperazine rings is 1. The Balaban J connectivity index is 1.11. The van der Waals surface area contributed by atoms with E-state index in [1.165, 1.54) is 18.2 Å². The van der Waals surface area contributed by atoms with Gasteiger partial charge < -0.3 is 19.9 Å². The maximum atomic E-state index is 15.3. The van der Waals surface area contributed by atoms with Crippen LogP contribution in [0.15, 0.2) is 60.8 Å². The van der Waals surface area contributed by atoms with E-state index in [2.05, 4.69) is 19.9 Å². The molecule has 2 aliphatic rings. The minimum Gasteiger partial charge on any atom is -0.406 e. The molecular formula is C29H26ClF4N5O2. The number of benzene rings is 2. The number of alkyl halides is 3. The van der Waals surface area contributed by atoms with Crippen LogP contribution in [0.5, 0.6) is 5.75 Å². The standard InChI is InChI=1S/C29H26ClF4N5O2/c1-18-26(38-16-20(30)3-9-25(38)36-18)27(40)35-15-19-2-8-24(23(31)14-19)37-12-13-39(28(17-37)10-11-28)21-4-6-22(7-5-21)41-29(32,33)34/h2-9,14,16H,10-13,15,17H2,1H3,(H,35,40). The zero-order valence-corrected chi connectivity index (χ0v) is 22.8. The van der Waals surface area contributed by atoms with Crippen LogP contribution in [0.1, 0.15) is 34.6 Å². The zero-order valence-electron chi connectivity index (χ0n) is 22.0. The third-order valence-corrected chi connectivity index (χ3v) is 7.86. The Bertz CT molecular complexity index is 1620. The summed E-state index contributed by atoms with van der Waals surface area (Å²) in [6.07, 6.45) is -1.29. The average Bonchev–Trinajstić information content (AvgIpc) is 3.59. The van der Waals surface area contributed by atoms with Crippen molar-refractivity contribution in [2.45, 2.75) is 38.2 Å². The van der Waals surface area contributed by atoms with Gasteiger partial charge in [-0.25, -0.2) is 9.37 Å². The number of hydrogen-bond donors (Lipinski definition) is 1. The molecular weight excluding hydrogens is 562 g/mol. The van der Waals surface area contributed by atoms with Crippen molar-refractivity contribution < 1.29 is 27.1 Å². The van der Waals surface area contributed by atoms with Gasteiger partial charge in [-0.2, -0.15) is 0 Å². The molecule has 41 heavy (non-hydrogen) atoms. The highest BCUT2D eigenvalue weighted by molar-refractivity contribution is 6.30. The number of imidazole rings is 1. The second-order valence-corrected chi connectivity index (χ2v) is 10.9. The lowest BCUT2D eigenvalue weighted by atomic mass is 10.1. The third-order valence-electron chi connectivity index (χ3n) is 7.64. The predicted molar refractivity (Wildman–Crippen MR) is 147 cm³/mol. The maximum Gasteiger partial charge on any atom is 0.573 e. The molecule has 1 aliphatic carbocycles. The fraction of sp³-hybridized carbons (Fsp3) is 0.310. The van der Waals surface area contributed by atoms with Crippen LogP contribution in [0.2, 0.25) is 5.02 Å². The molecule has 1 saturated carbocycles. The van der Waals surface area contributed by atoms with E-state index < -0.39 is 6.36 Å². The van der Waals surface area contributed by atoms with E-state index in [0.29, 0.717) is 52.9 Å². The van der Waals surface area contributed by atoms with Crippen molar-refractivity contribution in [1.82, 2.24) is 14.7 Å². The van der Waals surface area contributed by atoms with Gasteiger partial charge in [-0.1, -0.05) is 17.7 Å². The average molecular weight is 588 g/mol. The van der Waals surface area contributed by atoms with Gasteiger partial charge in [0.1, 0.15) is 22.9 Å². The number of carbonyl (C=O) groups is 1. The van der Waals surface area contributed by atoms with Gasteiger partial charge in [0.05, 0.1) is 21.9 Å². The first-order valence-electron chi connectivity index (χ1n) is 13.1. The van der Waals surface area contributed by atoms with E-state index in [1.54, 1.807) is 53.9 Å². The summed E-state index contributed by atoms with van der Waals surface area (Å²) in [5.41, 5.74) is 3.25. The van der Waals surface area contributed by atoms with Gasteiger partial charge in [0.2, 0.25) is 0 Å². The summed E-state index contributed by atoms with van der Waals surface area (Å²) in [7, 11) is 0. The van der Waals surface area contributed by atoms with Gasteiger partial charge in [-0.05, 0) is 73.9 Å². The van der Waals surface area contributed by atoms with Crippen LogP contribution in [-0.2, 0) is 6.54 Å². The fourth-order valence-corrected chi connectivity index (χ4v) is 5.74. The minimum atomic E-state index is -4.74. The highest BCUT2D eigenvalue weighted by Crippen LogP contribution is 2.47. The van der Waals surface area contributed by atoms with Crippen molar-refractivity contribution in [1.29, 1.82) is 0 Å². The van der Waals surface area contributed by atoms with Crippen LogP contribution in [0.4, 0.5) is 28.9 Å². The van der Waals surface area contributed by atoms with Crippen LogP contribution in [-0.4, -0.2) is 46.8 Å². The van der Waals surface area contributed by atoms with Crippen LogP contribution in [0, 0.1) is 12.7 Å². The molecule has 0 bridgehead atoms. The van der Waals surface area contributed by atoms with Gasteiger partial charge >= 0.3 is 6.36 Å². The Hall–Kier alpha value is -3.99. The van der Waals surface area contributed by atoms with E-state index in [1.807, 2.05) is 4.90 Å². The number of nitrogens with one attached hydrogen (secondary N) is 1. The number of halogens is 5. The summed E-state index contributed by atoms with van der Waals surface area (Å²) in [5, 5.41) is 3.32. The van der Waals surface area contributed by atoms with E-state index in [0.717, 1.165) is 18.5 Å². The molecule has 1 spiro atoms. The topological polar surface area (TPSA) is 62.1 Å². The maximum absolute atomic E-state index is 15.3. The highest BCUT2D eigenvalue weighted by Gasteiger charge is 2.51. The number of amides is 1. The van der Waals surface area contributed by atoms with Gasteiger partial charge in [0.25, 0.3) is 5.91 Å². The van der Waals surface area contributed by atoms with E-state index in [9.17, 15) is 18.0 Å². The Morgan fingerprint density at radius 3 is 2.54 bits per heavy atom. The lowest BCUT2D eigenvalue weighted by Crippen LogP contribution is -2.55. The van der Waals surface area contributed by atoms with Crippen molar-refractivity contribution in [3.8, 4) is 5.75 Å². The van der Waals surface area contributed by atoms with E-state index >= 15 is 4.39 Å². The minimum absolute atomic E-state index is 0.134. The Morgan fingerprint density at radius 1 is 1.10 bits per heavy atom. The molecule has 2 fully saturated rings. The molecule has 1 amide bonds. The molecule has 7 nitrogen and oxygen atoms in total. The molecule has 6 rings (SSSR count). The Labute approximate surface area is 238 Å². The first kappa shape index (κ1) is 27.2. The van der Waals surface area contributed by atoms with Gasteiger partial charge in [-0.3, -0.25) is 9.20 Å². The number of pyridine rings is 1. The first-order valence-corrected chi connectivity index (χ1v) is 13.5. The van der Waals surface area contributed by atoms with Crippen molar-refractivity contribution in [2.24, 2.45) is 0 Å². The van der Waals surface area contributed by atoms with Crippen LogP contribution in [0.25, 0.3) is 5.65 Å². The molecule has 0 unspecified atom stereocenters. The molecule has 0 radical (unpaired) electrons. The van der Waals surface area contributed by atoms with Crippen molar-refractivity contribution >= 4 is 34.5 Å². The number of aromatic nitrogens is 2. The predicted octanol–water partition coefficient (Wildman–Crippen LogP) is 6.12. The smallest absolute Gasteiger partial charge is 0.406 e. The van der Waals surface area contributed by atoms with E-state index in [4.69, 9.17) is 11.6 Å². The van der Waals surface area contributed by atoms with Crippen LogP contribution < -0.4 is 19.9 Å². The second kappa shape index (κ2) is 10.1. The third kappa shape index (κ3) is 5.50. The molecule has 12 heteroatoms. The van der Waals surface area contributed by atoms with Crippen molar-refractivity contribution in [3.05, 3.63) is 88.6 Å². The first-order chi connectivity index (χ1) is 19.5. The van der Waals surface area contributed by atoms with Gasteiger partial charge in [0.15, 0.2) is 0 Å².